The Morgan fingerprint density at radius 3 is 2.56 bits per heavy atom. The standard InChI is InChI=1S/C32H27FN6O2S2/c1-21-7-5-10-25(17-21)38-29(19-34-31(41)23-8-3-2-4-9-23)35-36-32(38)43-20-30(40)39-27(22-12-14-24(33)15-13-22)18-26(37-39)28-11-6-16-42-28/h2-17,27H,18-20H2,1H3,(H,34,41)/t27-/m1/s1. The van der Waals surface area contributed by atoms with Crippen molar-refractivity contribution in [1.82, 2.24) is 25.1 Å². The summed E-state index contributed by atoms with van der Waals surface area (Å²) in [6.45, 7) is 2.14. The zero-order chi connectivity index (χ0) is 29.8. The lowest BCUT2D eigenvalue weighted by molar-refractivity contribution is -0.130. The van der Waals surface area contributed by atoms with E-state index in [0.29, 0.717) is 23.0 Å². The van der Waals surface area contributed by atoms with E-state index in [1.54, 1.807) is 35.6 Å². The molecular formula is C32H27FN6O2S2. The number of nitrogens with one attached hydrogen (secondary N) is 1. The lowest BCUT2D eigenvalue weighted by atomic mass is 10.0. The predicted molar refractivity (Wildman–Crippen MR) is 166 cm³/mol. The highest BCUT2D eigenvalue weighted by atomic mass is 32.2. The smallest absolute Gasteiger partial charge is 0.253 e. The number of hydrogen-bond acceptors (Lipinski definition) is 7. The summed E-state index contributed by atoms with van der Waals surface area (Å²) in [7, 11) is 0. The molecule has 8 nitrogen and oxygen atoms in total. The monoisotopic (exact) mass is 610 g/mol. The number of rotatable bonds is 9. The van der Waals surface area contributed by atoms with E-state index in [1.807, 2.05) is 71.5 Å². The predicted octanol–water partition coefficient (Wildman–Crippen LogP) is 6.18. The minimum Gasteiger partial charge on any atom is -0.345 e. The van der Waals surface area contributed by atoms with Crippen molar-refractivity contribution in [3.05, 3.63) is 130 Å². The average Bonchev–Trinajstić information content (AvgIpc) is 3.80. The van der Waals surface area contributed by atoms with Gasteiger partial charge in [0.05, 0.1) is 28.9 Å². The van der Waals surface area contributed by atoms with E-state index in [9.17, 15) is 14.0 Å². The third-order valence-corrected chi connectivity index (χ3v) is 8.79. The van der Waals surface area contributed by atoms with Crippen LogP contribution in [-0.4, -0.2) is 43.1 Å². The first-order valence-corrected chi connectivity index (χ1v) is 15.5. The molecule has 2 aromatic heterocycles. The molecule has 1 aliphatic rings. The Morgan fingerprint density at radius 1 is 1.00 bits per heavy atom. The number of halogens is 1. The maximum Gasteiger partial charge on any atom is 0.253 e. The molecular weight excluding hydrogens is 584 g/mol. The summed E-state index contributed by atoms with van der Waals surface area (Å²) in [6, 6.07) is 26.6. The number of benzene rings is 3. The van der Waals surface area contributed by atoms with Crippen LogP contribution in [0.1, 0.15) is 44.6 Å². The minimum atomic E-state index is -0.343. The van der Waals surface area contributed by atoms with Crippen LogP contribution in [-0.2, 0) is 11.3 Å². The van der Waals surface area contributed by atoms with E-state index in [-0.39, 0.29) is 36.0 Å². The van der Waals surface area contributed by atoms with Gasteiger partial charge in [0.1, 0.15) is 5.82 Å². The van der Waals surface area contributed by atoms with Gasteiger partial charge >= 0.3 is 0 Å². The highest BCUT2D eigenvalue weighted by molar-refractivity contribution is 7.99. The van der Waals surface area contributed by atoms with E-state index >= 15 is 0 Å². The molecule has 216 valence electrons. The molecule has 1 N–H and O–H groups in total. The Morgan fingerprint density at radius 2 is 1.81 bits per heavy atom. The molecule has 2 amide bonds. The number of aromatic nitrogens is 3. The second-order valence-electron chi connectivity index (χ2n) is 9.94. The summed E-state index contributed by atoms with van der Waals surface area (Å²) in [5.74, 6) is -0.166. The van der Waals surface area contributed by atoms with Gasteiger partial charge in [-0.1, -0.05) is 60.3 Å². The van der Waals surface area contributed by atoms with Crippen LogP contribution in [0.5, 0.6) is 0 Å². The second kappa shape index (κ2) is 12.7. The lowest BCUT2D eigenvalue weighted by Gasteiger charge is -2.22. The number of nitrogens with zero attached hydrogens (tertiary/aromatic N) is 5. The van der Waals surface area contributed by atoms with Gasteiger partial charge in [-0.2, -0.15) is 5.10 Å². The number of aryl methyl sites for hydroxylation is 1. The normalized spacial score (nSPS) is 14.5. The molecule has 0 unspecified atom stereocenters. The largest absolute Gasteiger partial charge is 0.345 e. The maximum absolute atomic E-state index is 13.7. The van der Waals surface area contributed by atoms with Crippen molar-refractivity contribution >= 4 is 40.6 Å². The first-order chi connectivity index (χ1) is 21.0. The summed E-state index contributed by atoms with van der Waals surface area (Å²) in [6.07, 6.45) is 0.535. The number of carbonyl (C=O) groups excluding carboxylic acids is 2. The maximum atomic E-state index is 13.7. The van der Waals surface area contributed by atoms with E-state index in [0.717, 1.165) is 27.4 Å². The Hall–Kier alpha value is -4.61. The molecule has 0 saturated heterocycles. The van der Waals surface area contributed by atoms with E-state index in [1.165, 1.54) is 28.9 Å². The molecule has 3 aromatic carbocycles. The van der Waals surface area contributed by atoms with Crippen LogP contribution in [0, 0.1) is 12.7 Å². The van der Waals surface area contributed by atoms with Gasteiger partial charge in [-0.25, -0.2) is 9.40 Å². The van der Waals surface area contributed by atoms with E-state index < -0.39 is 0 Å². The SMILES string of the molecule is Cc1cccc(-n2c(CNC(=O)c3ccccc3)nnc2SCC(=O)N2N=C(c3cccs3)C[C@@H]2c2ccc(F)cc2)c1. The van der Waals surface area contributed by atoms with Crippen LogP contribution >= 0.6 is 23.1 Å². The molecule has 0 spiro atoms. The zero-order valence-corrected chi connectivity index (χ0v) is 24.8. The molecule has 5 aromatic rings. The molecule has 6 rings (SSSR count). The topological polar surface area (TPSA) is 92.5 Å². The van der Waals surface area contributed by atoms with Crippen molar-refractivity contribution in [3.8, 4) is 5.69 Å². The van der Waals surface area contributed by atoms with Gasteiger partial charge in [-0.15, -0.1) is 21.5 Å². The van der Waals surface area contributed by atoms with Crippen LogP contribution in [0.2, 0.25) is 0 Å². The Kier molecular flexibility index (Phi) is 8.43. The van der Waals surface area contributed by atoms with Crippen molar-refractivity contribution in [2.45, 2.75) is 31.1 Å². The fraction of sp³-hybridized carbons (Fsp3) is 0.156. The number of thiophene rings is 1. The molecule has 0 fully saturated rings. The molecule has 0 saturated carbocycles. The van der Waals surface area contributed by atoms with Gasteiger partial charge in [0, 0.05) is 17.7 Å². The van der Waals surface area contributed by atoms with Crippen LogP contribution in [0.15, 0.2) is 107 Å². The van der Waals surface area contributed by atoms with Gasteiger partial charge in [0.25, 0.3) is 11.8 Å². The van der Waals surface area contributed by atoms with Gasteiger partial charge < -0.3 is 5.32 Å². The number of amides is 2. The third kappa shape index (κ3) is 6.42. The van der Waals surface area contributed by atoms with Gasteiger partial charge in [0.2, 0.25) is 0 Å². The summed E-state index contributed by atoms with van der Waals surface area (Å²) >= 11 is 2.82. The Bertz CT molecular complexity index is 1770. The highest BCUT2D eigenvalue weighted by Gasteiger charge is 2.33. The zero-order valence-electron chi connectivity index (χ0n) is 23.2. The number of hydrogen-bond donors (Lipinski definition) is 1. The molecule has 0 aliphatic carbocycles. The molecule has 3 heterocycles. The fourth-order valence-corrected chi connectivity index (χ4v) is 6.40. The molecule has 1 atom stereocenters. The quantitative estimate of drug-likeness (QED) is 0.201. The molecule has 0 bridgehead atoms. The summed E-state index contributed by atoms with van der Waals surface area (Å²) in [5.41, 5.74) is 4.06. The van der Waals surface area contributed by atoms with Crippen molar-refractivity contribution < 1.29 is 14.0 Å². The van der Waals surface area contributed by atoms with Crippen molar-refractivity contribution in [2.24, 2.45) is 5.10 Å². The molecule has 43 heavy (non-hydrogen) atoms. The molecule has 1 aliphatic heterocycles. The van der Waals surface area contributed by atoms with Gasteiger partial charge in [-0.05, 0) is 65.9 Å². The first kappa shape index (κ1) is 28.5. The van der Waals surface area contributed by atoms with Crippen molar-refractivity contribution in [1.29, 1.82) is 0 Å². The third-order valence-electron chi connectivity index (χ3n) is 6.95. The Balaban J connectivity index is 1.24. The second-order valence-corrected chi connectivity index (χ2v) is 11.8. The van der Waals surface area contributed by atoms with E-state index in [4.69, 9.17) is 5.10 Å². The van der Waals surface area contributed by atoms with Gasteiger partial charge in [0.15, 0.2) is 11.0 Å². The molecule has 0 radical (unpaired) electrons. The van der Waals surface area contributed by atoms with Gasteiger partial charge in [-0.3, -0.25) is 14.2 Å². The summed E-state index contributed by atoms with van der Waals surface area (Å²) < 4.78 is 15.5. The lowest BCUT2D eigenvalue weighted by Crippen LogP contribution is -2.28. The average molecular weight is 611 g/mol. The summed E-state index contributed by atoms with van der Waals surface area (Å²) in [5, 5.41) is 20.4. The molecule has 11 heteroatoms. The van der Waals surface area contributed by atoms with Crippen molar-refractivity contribution in [2.75, 3.05) is 5.75 Å². The van der Waals surface area contributed by atoms with Crippen LogP contribution < -0.4 is 5.32 Å². The number of hydrazone groups is 1. The van der Waals surface area contributed by atoms with Crippen LogP contribution in [0.25, 0.3) is 5.69 Å². The summed E-state index contributed by atoms with van der Waals surface area (Å²) in [4.78, 5) is 27.4. The first-order valence-electron chi connectivity index (χ1n) is 13.6. The highest BCUT2D eigenvalue weighted by Crippen LogP contribution is 2.35. The minimum absolute atomic E-state index is 0.0548. The van der Waals surface area contributed by atoms with Crippen LogP contribution in [0.4, 0.5) is 4.39 Å². The number of thioether (sulfide) groups is 1. The van der Waals surface area contributed by atoms with Crippen LogP contribution in [0.3, 0.4) is 0 Å². The Labute approximate surface area is 256 Å². The number of carbonyl (C=O) groups is 2. The fourth-order valence-electron chi connectivity index (χ4n) is 4.85. The van der Waals surface area contributed by atoms with E-state index in [2.05, 4.69) is 15.5 Å². The van der Waals surface area contributed by atoms with Crippen molar-refractivity contribution in [3.63, 3.8) is 0 Å².